The van der Waals surface area contributed by atoms with E-state index in [4.69, 9.17) is 15.7 Å². The van der Waals surface area contributed by atoms with Crippen molar-refractivity contribution in [3.05, 3.63) is 28.2 Å². The number of hydrogen-bond acceptors (Lipinski definition) is 3. The smallest absolute Gasteiger partial charge is 0.399 e. The number of H-pyrrole nitrogens is 1. The van der Waals surface area contributed by atoms with Crippen LogP contribution in [-0.4, -0.2) is 23.3 Å². The van der Waals surface area contributed by atoms with Crippen LogP contribution in [0.1, 0.15) is 33.3 Å². The molecule has 5 heteroatoms. The van der Waals surface area contributed by atoms with Gasteiger partial charge in [-0.25, -0.2) is 0 Å². The predicted octanol–water partition coefficient (Wildman–Crippen LogP) is 0.655. The van der Waals surface area contributed by atoms with Crippen molar-refractivity contribution in [2.75, 3.05) is 0 Å². The van der Waals surface area contributed by atoms with Crippen molar-refractivity contribution in [3.63, 3.8) is 0 Å². The lowest BCUT2D eigenvalue weighted by atomic mass is 9.79. The Morgan fingerprint density at radius 2 is 1.83 bits per heavy atom. The van der Waals surface area contributed by atoms with Crippen LogP contribution in [0.25, 0.3) is 0 Å². The maximum atomic E-state index is 11.8. The van der Waals surface area contributed by atoms with Crippen molar-refractivity contribution in [2.45, 2.75) is 38.9 Å². The third-order valence-electron chi connectivity index (χ3n) is 3.61. The van der Waals surface area contributed by atoms with Gasteiger partial charge in [0, 0.05) is 17.2 Å². The highest BCUT2D eigenvalue weighted by Crippen LogP contribution is 2.36. The molecule has 1 aliphatic heterocycles. The Kier molecular flexibility index (Phi) is 2.88. The summed E-state index contributed by atoms with van der Waals surface area (Å²) in [6, 6.07) is 1.63. The van der Waals surface area contributed by atoms with Crippen molar-refractivity contribution in [1.82, 2.24) is 4.98 Å². The molecule has 0 amide bonds. The molecule has 4 nitrogen and oxygen atoms in total. The fourth-order valence-electron chi connectivity index (χ4n) is 1.73. The molecule has 18 heavy (non-hydrogen) atoms. The lowest BCUT2D eigenvalue weighted by molar-refractivity contribution is 0.00578. The summed E-state index contributed by atoms with van der Waals surface area (Å²) in [5, 5.41) is 0. The van der Waals surface area contributed by atoms with E-state index in [0.29, 0.717) is 11.0 Å². The number of pyridine rings is 1. The Bertz CT molecular complexity index is 552. The lowest BCUT2D eigenvalue weighted by Gasteiger charge is -2.32. The van der Waals surface area contributed by atoms with Gasteiger partial charge in [-0.15, -0.1) is 6.42 Å². The summed E-state index contributed by atoms with van der Waals surface area (Å²) >= 11 is 0. The molecule has 1 aromatic rings. The van der Waals surface area contributed by atoms with E-state index >= 15 is 0 Å². The van der Waals surface area contributed by atoms with Crippen molar-refractivity contribution >= 4 is 12.6 Å². The molecule has 0 atom stereocenters. The van der Waals surface area contributed by atoms with Crippen LogP contribution in [0.2, 0.25) is 0 Å². The van der Waals surface area contributed by atoms with E-state index in [1.165, 1.54) is 6.20 Å². The minimum atomic E-state index is -0.688. The van der Waals surface area contributed by atoms with E-state index in [1.54, 1.807) is 6.07 Å². The summed E-state index contributed by atoms with van der Waals surface area (Å²) in [6.45, 7) is 7.75. The molecule has 2 rings (SSSR count). The zero-order valence-electron chi connectivity index (χ0n) is 11.0. The van der Waals surface area contributed by atoms with E-state index in [2.05, 4.69) is 10.9 Å². The molecule has 0 unspecified atom stereocenters. The van der Waals surface area contributed by atoms with Crippen molar-refractivity contribution in [1.29, 1.82) is 0 Å². The molecule has 1 saturated heterocycles. The van der Waals surface area contributed by atoms with Gasteiger partial charge in [-0.2, -0.15) is 0 Å². The second-order valence-corrected chi connectivity index (χ2v) is 5.41. The van der Waals surface area contributed by atoms with Gasteiger partial charge in [-0.1, -0.05) is 5.92 Å². The molecule has 1 aromatic heterocycles. The summed E-state index contributed by atoms with van der Waals surface area (Å²) in [7, 11) is -0.688. The predicted molar refractivity (Wildman–Crippen MR) is 70.7 cm³/mol. The molecule has 0 aliphatic carbocycles. The Morgan fingerprint density at radius 1 is 1.28 bits per heavy atom. The minimum Gasteiger partial charge on any atom is -0.399 e. The number of aromatic amines is 1. The van der Waals surface area contributed by atoms with Crippen LogP contribution >= 0.6 is 0 Å². The first kappa shape index (κ1) is 12.9. The molecule has 0 spiro atoms. The maximum Gasteiger partial charge on any atom is 0.500 e. The Hall–Kier alpha value is -1.51. The first-order chi connectivity index (χ1) is 8.27. The van der Waals surface area contributed by atoms with Crippen LogP contribution in [-0.2, 0) is 9.31 Å². The molecule has 0 saturated carbocycles. The topological polar surface area (TPSA) is 51.3 Å². The number of hydrogen-bond donors (Lipinski definition) is 1. The molecule has 1 N–H and O–H groups in total. The van der Waals surface area contributed by atoms with Crippen LogP contribution in [0, 0.1) is 12.3 Å². The van der Waals surface area contributed by atoms with Gasteiger partial charge in [-0.3, -0.25) is 4.79 Å². The lowest BCUT2D eigenvalue weighted by Crippen LogP contribution is -2.44. The van der Waals surface area contributed by atoms with Crippen LogP contribution in [0.15, 0.2) is 17.1 Å². The van der Waals surface area contributed by atoms with Crippen LogP contribution < -0.4 is 11.0 Å². The summed E-state index contributed by atoms with van der Waals surface area (Å²) in [6.07, 6.45) is 6.82. The molecule has 1 aliphatic rings. The summed E-state index contributed by atoms with van der Waals surface area (Å²) in [5.74, 6) is 2.48. The van der Waals surface area contributed by atoms with E-state index < -0.39 is 18.3 Å². The van der Waals surface area contributed by atoms with Gasteiger partial charge in [0.1, 0.15) is 0 Å². The largest absolute Gasteiger partial charge is 0.500 e. The summed E-state index contributed by atoms with van der Waals surface area (Å²) < 4.78 is 11.6. The van der Waals surface area contributed by atoms with Crippen LogP contribution in [0.4, 0.5) is 0 Å². The fourth-order valence-corrected chi connectivity index (χ4v) is 1.73. The molecular formula is C13H16BNO3. The molecular weight excluding hydrogens is 229 g/mol. The SMILES string of the molecule is C#Cc1c[nH]c(=O)c(B2OC(C)(C)C(C)(C)O2)c1. The van der Waals surface area contributed by atoms with E-state index in [1.807, 2.05) is 27.7 Å². The minimum absolute atomic E-state index is 0.243. The monoisotopic (exact) mass is 245 g/mol. The zero-order chi connectivity index (χ0) is 13.6. The number of aromatic nitrogens is 1. The van der Waals surface area contributed by atoms with E-state index in [-0.39, 0.29) is 5.56 Å². The van der Waals surface area contributed by atoms with Gasteiger partial charge < -0.3 is 14.3 Å². The standard InChI is InChI=1S/C13H16BNO3/c1-6-9-7-10(11(16)15-8-9)14-17-12(2,3)13(4,5)18-14/h1,7-8H,2-5H3,(H,15,16). The van der Waals surface area contributed by atoms with Crippen molar-refractivity contribution in [2.24, 2.45) is 0 Å². The molecule has 0 aromatic carbocycles. The second kappa shape index (κ2) is 4.01. The van der Waals surface area contributed by atoms with Crippen LogP contribution in [0.5, 0.6) is 0 Å². The van der Waals surface area contributed by atoms with Gasteiger partial charge >= 0.3 is 7.12 Å². The zero-order valence-corrected chi connectivity index (χ0v) is 11.0. The maximum absolute atomic E-state index is 11.8. The molecule has 0 bridgehead atoms. The first-order valence-electron chi connectivity index (χ1n) is 5.82. The Balaban J connectivity index is 2.41. The number of terminal acetylenes is 1. The summed E-state index contributed by atoms with van der Waals surface area (Å²) in [5.41, 5.74) is -0.192. The van der Waals surface area contributed by atoms with Crippen LogP contribution in [0.3, 0.4) is 0 Å². The van der Waals surface area contributed by atoms with Gasteiger partial charge in [0.05, 0.1) is 11.2 Å². The Labute approximate surface area is 107 Å². The number of nitrogens with one attached hydrogen (secondary N) is 1. The van der Waals surface area contributed by atoms with E-state index in [0.717, 1.165) is 0 Å². The average Bonchev–Trinajstić information content (AvgIpc) is 2.48. The average molecular weight is 245 g/mol. The molecule has 1 fully saturated rings. The second-order valence-electron chi connectivity index (χ2n) is 5.41. The Morgan fingerprint density at radius 3 is 2.33 bits per heavy atom. The van der Waals surface area contributed by atoms with E-state index in [9.17, 15) is 4.79 Å². The normalized spacial score (nSPS) is 20.7. The molecule has 0 radical (unpaired) electrons. The van der Waals surface area contributed by atoms with Gasteiger partial charge in [-0.05, 0) is 33.8 Å². The first-order valence-corrected chi connectivity index (χ1v) is 5.82. The molecule has 2 heterocycles. The van der Waals surface area contributed by atoms with Crippen molar-refractivity contribution < 1.29 is 9.31 Å². The highest BCUT2D eigenvalue weighted by Gasteiger charge is 2.52. The van der Waals surface area contributed by atoms with Crippen molar-refractivity contribution in [3.8, 4) is 12.3 Å². The summed E-state index contributed by atoms with van der Waals surface area (Å²) in [4.78, 5) is 14.4. The quantitative estimate of drug-likeness (QED) is 0.584. The third-order valence-corrected chi connectivity index (χ3v) is 3.61. The van der Waals surface area contributed by atoms with Gasteiger partial charge in [0.15, 0.2) is 0 Å². The fraction of sp³-hybridized carbons (Fsp3) is 0.462. The number of rotatable bonds is 1. The van der Waals surface area contributed by atoms with Gasteiger partial charge in [0.25, 0.3) is 0 Å². The highest BCUT2D eigenvalue weighted by molar-refractivity contribution is 6.62. The highest BCUT2D eigenvalue weighted by atomic mass is 16.7. The van der Waals surface area contributed by atoms with Gasteiger partial charge in [0.2, 0.25) is 5.56 Å². The third kappa shape index (κ3) is 1.98. The molecule has 94 valence electrons.